The summed E-state index contributed by atoms with van der Waals surface area (Å²) in [6.45, 7) is 2.71. The SMILES string of the molecule is CCCCCNc1cc(F)c(S(=O)(=O)NC(=NC)SN)cc1Cl. The van der Waals surface area contributed by atoms with Gasteiger partial charge in [-0.2, -0.15) is 0 Å². The van der Waals surface area contributed by atoms with Gasteiger partial charge in [-0.3, -0.25) is 14.9 Å². The number of rotatable bonds is 7. The number of nitrogens with zero attached hydrogens (tertiary/aromatic N) is 1. The minimum Gasteiger partial charge on any atom is -0.384 e. The van der Waals surface area contributed by atoms with Crippen molar-refractivity contribution in [2.75, 3.05) is 18.9 Å². The number of sulfonamides is 1. The first-order chi connectivity index (χ1) is 10.9. The summed E-state index contributed by atoms with van der Waals surface area (Å²) in [4.78, 5) is 3.08. The molecule has 0 fully saturated rings. The van der Waals surface area contributed by atoms with Gasteiger partial charge in [-0.25, -0.2) is 12.8 Å². The number of hydrogen-bond acceptors (Lipinski definition) is 6. The van der Waals surface area contributed by atoms with Gasteiger partial charge in [0, 0.05) is 13.6 Å². The molecule has 1 aromatic rings. The summed E-state index contributed by atoms with van der Waals surface area (Å²) < 4.78 is 40.6. The Bertz CT molecular complexity index is 668. The van der Waals surface area contributed by atoms with Gasteiger partial charge in [-0.15, -0.1) is 0 Å². The third kappa shape index (κ3) is 5.83. The fourth-order valence-electron chi connectivity index (χ4n) is 1.76. The molecule has 23 heavy (non-hydrogen) atoms. The van der Waals surface area contributed by atoms with Crippen LogP contribution in [0.25, 0.3) is 0 Å². The number of unbranched alkanes of at least 4 members (excludes halogenated alkanes) is 2. The lowest BCUT2D eigenvalue weighted by Crippen LogP contribution is -2.30. The van der Waals surface area contributed by atoms with E-state index >= 15 is 0 Å². The molecule has 10 heteroatoms. The van der Waals surface area contributed by atoms with Gasteiger partial charge in [0.2, 0.25) is 0 Å². The van der Waals surface area contributed by atoms with Crippen LogP contribution in [-0.4, -0.2) is 27.2 Å². The van der Waals surface area contributed by atoms with Crippen molar-refractivity contribution >= 4 is 44.4 Å². The van der Waals surface area contributed by atoms with Crippen molar-refractivity contribution in [1.82, 2.24) is 4.72 Å². The topological polar surface area (TPSA) is 96.6 Å². The van der Waals surface area contributed by atoms with Crippen molar-refractivity contribution < 1.29 is 12.8 Å². The summed E-state index contributed by atoms with van der Waals surface area (Å²) in [5.74, 6) is -0.905. The predicted octanol–water partition coefficient (Wildman–Crippen LogP) is 2.95. The normalized spacial score (nSPS) is 12.3. The van der Waals surface area contributed by atoms with Crippen LogP contribution in [0.4, 0.5) is 10.1 Å². The lowest BCUT2D eigenvalue weighted by atomic mass is 10.2. The number of aliphatic imine (C=N–C) groups is 1. The molecule has 0 radical (unpaired) electrons. The van der Waals surface area contributed by atoms with Crippen molar-refractivity contribution in [3.8, 4) is 0 Å². The molecule has 0 spiro atoms. The number of hydrogen-bond donors (Lipinski definition) is 3. The molecule has 130 valence electrons. The maximum Gasteiger partial charge on any atom is 0.266 e. The van der Waals surface area contributed by atoms with Crippen LogP contribution in [0.2, 0.25) is 5.02 Å². The molecule has 0 aliphatic carbocycles. The third-order valence-electron chi connectivity index (χ3n) is 2.94. The van der Waals surface area contributed by atoms with Crippen LogP contribution in [0.1, 0.15) is 26.2 Å². The standard InChI is InChI=1S/C13H20ClFN4O2S2/c1-3-4-5-6-18-11-8-10(15)12(7-9(11)14)23(20,21)19-13(17-2)22-16/h7-8,18H,3-6,16H2,1-2H3,(H,17,19). The van der Waals surface area contributed by atoms with Gasteiger partial charge in [0.1, 0.15) is 10.7 Å². The van der Waals surface area contributed by atoms with Crippen molar-refractivity contribution in [2.45, 2.75) is 31.1 Å². The van der Waals surface area contributed by atoms with E-state index in [-0.39, 0.29) is 10.2 Å². The molecule has 0 atom stereocenters. The van der Waals surface area contributed by atoms with Crippen LogP contribution < -0.4 is 15.2 Å². The lowest BCUT2D eigenvalue weighted by molar-refractivity contribution is 0.565. The highest BCUT2D eigenvalue weighted by molar-refractivity contribution is 8.13. The summed E-state index contributed by atoms with van der Waals surface area (Å²) in [7, 11) is -2.79. The Balaban J connectivity index is 2.99. The molecular formula is C13H20ClFN4O2S2. The first-order valence-corrected chi connectivity index (χ1v) is 9.69. The Morgan fingerprint density at radius 1 is 1.43 bits per heavy atom. The number of benzene rings is 1. The smallest absolute Gasteiger partial charge is 0.266 e. The van der Waals surface area contributed by atoms with Gasteiger partial charge in [-0.1, -0.05) is 31.4 Å². The van der Waals surface area contributed by atoms with E-state index in [4.69, 9.17) is 16.7 Å². The molecule has 0 unspecified atom stereocenters. The first kappa shape index (κ1) is 20.0. The molecule has 6 nitrogen and oxygen atoms in total. The lowest BCUT2D eigenvalue weighted by Gasteiger charge is -2.12. The van der Waals surface area contributed by atoms with Crippen LogP contribution in [0.5, 0.6) is 0 Å². The Morgan fingerprint density at radius 2 is 2.13 bits per heavy atom. The highest BCUT2D eigenvalue weighted by atomic mass is 35.5. The number of halogens is 2. The quantitative estimate of drug-likeness (QED) is 0.291. The molecule has 0 aliphatic heterocycles. The number of nitrogens with one attached hydrogen (secondary N) is 2. The minimum atomic E-state index is -4.15. The van der Waals surface area contributed by atoms with Gasteiger partial charge < -0.3 is 5.32 Å². The second kappa shape index (κ2) is 9.31. The largest absolute Gasteiger partial charge is 0.384 e. The summed E-state index contributed by atoms with van der Waals surface area (Å²) in [5, 5.41) is 8.33. The second-order valence-corrected chi connectivity index (χ2v) is 7.33. The van der Waals surface area contributed by atoms with E-state index in [1.165, 1.54) is 7.05 Å². The molecule has 0 bridgehead atoms. The highest BCUT2D eigenvalue weighted by Crippen LogP contribution is 2.28. The first-order valence-electron chi connectivity index (χ1n) is 6.95. The summed E-state index contributed by atoms with van der Waals surface area (Å²) >= 11 is 6.66. The average molecular weight is 383 g/mol. The van der Waals surface area contributed by atoms with Crippen LogP contribution in [0.15, 0.2) is 22.0 Å². The monoisotopic (exact) mass is 382 g/mol. The Hall–Kier alpha value is -1.03. The summed E-state index contributed by atoms with van der Waals surface area (Å²) in [5.41, 5.74) is 0.358. The van der Waals surface area contributed by atoms with Crippen LogP contribution in [0, 0.1) is 5.82 Å². The zero-order chi connectivity index (χ0) is 17.5. The van der Waals surface area contributed by atoms with Crippen molar-refractivity contribution in [1.29, 1.82) is 0 Å². The number of nitrogens with two attached hydrogens (primary N) is 1. The fraction of sp³-hybridized carbons (Fsp3) is 0.462. The molecule has 0 heterocycles. The number of anilines is 1. The van der Waals surface area contributed by atoms with Gasteiger partial charge in [0.25, 0.3) is 10.0 Å². The van der Waals surface area contributed by atoms with Crippen molar-refractivity contribution in [2.24, 2.45) is 10.1 Å². The molecule has 0 saturated carbocycles. The third-order valence-corrected chi connectivity index (χ3v) is 5.25. The van der Waals surface area contributed by atoms with Gasteiger partial charge >= 0.3 is 0 Å². The van der Waals surface area contributed by atoms with Gasteiger partial charge in [0.05, 0.1) is 10.7 Å². The van der Waals surface area contributed by atoms with Gasteiger partial charge in [0.15, 0.2) is 5.17 Å². The summed E-state index contributed by atoms with van der Waals surface area (Å²) in [6, 6.07) is 2.14. The minimum absolute atomic E-state index is 0.0534. The molecule has 1 rings (SSSR count). The Labute approximate surface area is 145 Å². The van der Waals surface area contributed by atoms with Crippen LogP contribution in [-0.2, 0) is 10.0 Å². The van der Waals surface area contributed by atoms with Crippen molar-refractivity contribution in [3.63, 3.8) is 0 Å². The Kier molecular flexibility index (Phi) is 8.10. The maximum atomic E-state index is 14.2. The number of amidine groups is 1. The van der Waals surface area contributed by atoms with Crippen LogP contribution in [0.3, 0.4) is 0 Å². The van der Waals surface area contributed by atoms with E-state index in [1.807, 2.05) is 0 Å². The predicted molar refractivity (Wildman–Crippen MR) is 94.9 cm³/mol. The van der Waals surface area contributed by atoms with E-state index in [1.54, 1.807) is 0 Å². The van der Waals surface area contributed by atoms with E-state index in [9.17, 15) is 12.8 Å². The van der Waals surface area contributed by atoms with Crippen LogP contribution >= 0.6 is 23.5 Å². The molecule has 0 aromatic heterocycles. The zero-order valence-electron chi connectivity index (χ0n) is 12.9. The molecular weight excluding hydrogens is 363 g/mol. The molecule has 4 N–H and O–H groups in total. The van der Waals surface area contributed by atoms with E-state index < -0.39 is 20.7 Å². The maximum absolute atomic E-state index is 14.2. The molecule has 0 saturated heterocycles. The fourth-order valence-corrected chi connectivity index (χ4v) is 3.70. The molecule has 1 aromatic carbocycles. The molecule has 0 aliphatic rings. The molecule has 0 amide bonds. The van der Waals surface area contributed by atoms with Gasteiger partial charge in [-0.05, 0) is 30.5 Å². The highest BCUT2D eigenvalue weighted by Gasteiger charge is 2.22. The summed E-state index contributed by atoms with van der Waals surface area (Å²) in [6.07, 6.45) is 3.02. The van der Waals surface area contributed by atoms with E-state index in [0.29, 0.717) is 24.2 Å². The second-order valence-electron chi connectivity index (χ2n) is 4.65. The Morgan fingerprint density at radius 3 is 2.70 bits per heavy atom. The van der Waals surface area contributed by atoms with E-state index in [0.717, 1.165) is 31.4 Å². The van der Waals surface area contributed by atoms with Crippen molar-refractivity contribution in [3.05, 3.63) is 23.0 Å². The van der Waals surface area contributed by atoms with E-state index in [2.05, 4.69) is 22.0 Å². The zero-order valence-corrected chi connectivity index (χ0v) is 15.3. The average Bonchev–Trinajstić information content (AvgIpc) is 2.51.